The second kappa shape index (κ2) is 12.8. The summed E-state index contributed by atoms with van der Waals surface area (Å²) in [7, 11) is 1.20. The maximum absolute atomic E-state index is 12.6. The number of carbonyl (C=O) groups excluding carboxylic acids is 3. The summed E-state index contributed by atoms with van der Waals surface area (Å²) in [5.41, 5.74) is -0.0259. The number of rotatable bonds is 9. The lowest BCUT2D eigenvalue weighted by Gasteiger charge is -2.43. The van der Waals surface area contributed by atoms with Gasteiger partial charge in [-0.2, -0.15) is 0 Å². The number of hydrogen-bond donors (Lipinski definition) is 0. The quantitative estimate of drug-likeness (QED) is 0.287. The lowest BCUT2D eigenvalue weighted by atomic mass is 9.98. The fraction of sp³-hybridized carbons (Fsp3) is 0.375. The molecular formula is C24H25ClO8S. The molecule has 1 fully saturated rings. The maximum Gasteiger partial charge on any atom is 0.339 e. The minimum atomic E-state index is -1.33. The number of thioether (sulfide) groups is 1. The molecule has 0 N–H and O–H groups in total. The zero-order valence-corrected chi connectivity index (χ0v) is 20.2. The number of hydrogen-bond acceptors (Lipinski definition) is 9. The second-order valence-corrected chi connectivity index (χ2v) is 8.74. The van der Waals surface area contributed by atoms with Crippen molar-refractivity contribution >= 4 is 41.3 Å². The van der Waals surface area contributed by atoms with E-state index in [-0.39, 0.29) is 6.61 Å². The van der Waals surface area contributed by atoms with Crippen molar-refractivity contribution < 1.29 is 38.1 Å². The van der Waals surface area contributed by atoms with E-state index in [1.165, 1.54) is 25.8 Å². The molecular weight excluding hydrogens is 484 g/mol. The Bertz CT molecular complexity index is 958. The van der Waals surface area contributed by atoms with Crippen LogP contribution in [0.4, 0.5) is 0 Å². The molecule has 1 aliphatic heterocycles. The molecule has 3 rings (SSSR count). The van der Waals surface area contributed by atoms with Crippen molar-refractivity contribution in [2.45, 2.75) is 48.3 Å². The first-order valence-electron chi connectivity index (χ1n) is 10.5. The lowest BCUT2D eigenvalue weighted by molar-refractivity contribution is -0.238. The smallest absolute Gasteiger partial charge is 0.339 e. The number of carbonyl (C=O) groups is 3. The summed E-state index contributed by atoms with van der Waals surface area (Å²) in [6.45, 7) is 1.36. The predicted molar refractivity (Wildman–Crippen MR) is 124 cm³/mol. The maximum atomic E-state index is 12.6. The van der Waals surface area contributed by atoms with Crippen LogP contribution in [-0.4, -0.2) is 60.7 Å². The van der Waals surface area contributed by atoms with E-state index in [0.717, 1.165) is 10.5 Å². The monoisotopic (exact) mass is 508 g/mol. The van der Waals surface area contributed by atoms with Crippen molar-refractivity contribution in [1.82, 2.24) is 0 Å². The number of alkyl halides is 1. The molecule has 0 aliphatic carbocycles. The first kappa shape index (κ1) is 26.0. The summed E-state index contributed by atoms with van der Waals surface area (Å²) >= 11 is 6.89. The van der Waals surface area contributed by atoms with Gasteiger partial charge in [-0.1, -0.05) is 60.3 Å². The van der Waals surface area contributed by atoms with Crippen LogP contribution < -0.4 is 0 Å². The van der Waals surface area contributed by atoms with Crippen LogP contribution in [-0.2, 0) is 44.7 Å². The van der Waals surface area contributed by atoms with Gasteiger partial charge in [-0.3, -0.25) is 9.59 Å². The summed E-state index contributed by atoms with van der Waals surface area (Å²) in [5.74, 6) is -2.58. The van der Waals surface area contributed by atoms with Crippen LogP contribution in [0.15, 0.2) is 65.6 Å². The van der Waals surface area contributed by atoms with Crippen LogP contribution in [0.25, 0.3) is 0 Å². The van der Waals surface area contributed by atoms with Gasteiger partial charge in [0.15, 0.2) is 18.3 Å². The molecule has 8 nitrogen and oxygen atoms in total. The fourth-order valence-electron chi connectivity index (χ4n) is 3.43. The molecule has 5 atom stereocenters. The number of esters is 3. The molecule has 1 heterocycles. The molecule has 0 radical (unpaired) electrons. The van der Waals surface area contributed by atoms with E-state index < -0.39 is 53.6 Å². The third-order valence-electron chi connectivity index (χ3n) is 4.89. The minimum Gasteiger partial charge on any atom is -0.467 e. The van der Waals surface area contributed by atoms with Crippen LogP contribution in [0.1, 0.15) is 12.5 Å². The Morgan fingerprint density at radius 3 is 2.18 bits per heavy atom. The van der Waals surface area contributed by atoms with Gasteiger partial charge in [0.25, 0.3) is 0 Å². The van der Waals surface area contributed by atoms with Crippen molar-refractivity contribution in [3.05, 3.63) is 66.2 Å². The van der Waals surface area contributed by atoms with E-state index >= 15 is 0 Å². The molecule has 0 saturated carbocycles. The number of ether oxygens (including phenoxy) is 5. The van der Waals surface area contributed by atoms with Gasteiger partial charge in [0.1, 0.15) is 17.4 Å². The van der Waals surface area contributed by atoms with Crippen molar-refractivity contribution in [3.63, 3.8) is 0 Å². The van der Waals surface area contributed by atoms with Crippen LogP contribution in [0.5, 0.6) is 0 Å². The molecule has 182 valence electrons. The van der Waals surface area contributed by atoms with Gasteiger partial charge in [0.2, 0.25) is 0 Å². The summed E-state index contributed by atoms with van der Waals surface area (Å²) in [5, 5.41) is 0. The largest absolute Gasteiger partial charge is 0.467 e. The molecule has 1 saturated heterocycles. The van der Waals surface area contributed by atoms with Gasteiger partial charge in [-0.25, -0.2) is 4.79 Å². The zero-order chi connectivity index (χ0) is 24.5. The first-order valence-corrected chi connectivity index (χ1v) is 11.9. The van der Waals surface area contributed by atoms with Gasteiger partial charge in [-0.15, -0.1) is 11.6 Å². The summed E-state index contributed by atoms with van der Waals surface area (Å²) < 4.78 is 28.1. The number of methoxy groups -OCH3 is 1. The van der Waals surface area contributed by atoms with E-state index in [2.05, 4.69) is 0 Å². The SMILES string of the molecule is COC(=O)[C@@H]1O[C@@H](Sc2ccccc2)[C@H](OC(C)=O)[C@@H](OCc2ccccc2)[C@@H]1OC(=O)CCl. The summed E-state index contributed by atoms with van der Waals surface area (Å²) in [4.78, 5) is 37.6. The molecule has 0 amide bonds. The zero-order valence-electron chi connectivity index (χ0n) is 18.6. The molecule has 0 unspecified atom stereocenters. The van der Waals surface area contributed by atoms with Crippen LogP contribution >= 0.6 is 23.4 Å². The molecule has 2 aromatic carbocycles. The van der Waals surface area contributed by atoms with Crippen molar-refractivity contribution in [2.75, 3.05) is 13.0 Å². The van der Waals surface area contributed by atoms with E-state index in [4.69, 9.17) is 35.3 Å². The molecule has 1 aliphatic rings. The van der Waals surface area contributed by atoms with Crippen LogP contribution in [0.3, 0.4) is 0 Å². The Labute approximate surface area is 206 Å². The van der Waals surface area contributed by atoms with Crippen molar-refractivity contribution in [2.24, 2.45) is 0 Å². The Morgan fingerprint density at radius 1 is 0.941 bits per heavy atom. The molecule has 0 spiro atoms. The van der Waals surface area contributed by atoms with Gasteiger partial charge in [0.05, 0.1) is 13.7 Å². The average molecular weight is 509 g/mol. The Morgan fingerprint density at radius 2 is 1.59 bits per heavy atom. The Balaban J connectivity index is 1.99. The molecule has 34 heavy (non-hydrogen) atoms. The van der Waals surface area contributed by atoms with Crippen molar-refractivity contribution in [3.8, 4) is 0 Å². The van der Waals surface area contributed by atoms with E-state index in [9.17, 15) is 14.4 Å². The van der Waals surface area contributed by atoms with Crippen LogP contribution in [0.2, 0.25) is 0 Å². The fourth-order valence-corrected chi connectivity index (χ4v) is 4.60. The Hall–Kier alpha value is -2.59. The van der Waals surface area contributed by atoms with Gasteiger partial charge >= 0.3 is 17.9 Å². The summed E-state index contributed by atoms with van der Waals surface area (Å²) in [6.07, 6.45) is -4.65. The second-order valence-electron chi connectivity index (χ2n) is 7.30. The normalized spacial score (nSPS) is 24.1. The predicted octanol–water partition coefficient (Wildman–Crippen LogP) is 3.34. The highest BCUT2D eigenvalue weighted by Crippen LogP contribution is 2.38. The van der Waals surface area contributed by atoms with Crippen LogP contribution in [0, 0.1) is 0 Å². The van der Waals surface area contributed by atoms with E-state index in [1.54, 1.807) is 0 Å². The average Bonchev–Trinajstić information content (AvgIpc) is 2.85. The highest BCUT2D eigenvalue weighted by Gasteiger charge is 2.54. The van der Waals surface area contributed by atoms with Gasteiger partial charge < -0.3 is 23.7 Å². The topological polar surface area (TPSA) is 97.4 Å². The Kier molecular flexibility index (Phi) is 9.76. The van der Waals surface area contributed by atoms with Crippen molar-refractivity contribution in [1.29, 1.82) is 0 Å². The lowest BCUT2D eigenvalue weighted by Crippen LogP contribution is -2.62. The number of benzene rings is 2. The number of halogens is 1. The summed E-state index contributed by atoms with van der Waals surface area (Å²) in [6, 6.07) is 18.5. The standard InChI is InChI=1S/C24H25ClO8S/c1-15(26)31-22-19(30-14-16-9-5-3-6-10-16)20(32-18(27)13-25)21(23(28)29-2)33-24(22)34-17-11-7-4-8-12-17/h3-12,19-22,24H,13-14H2,1-2H3/t19-,20-,21+,22+,24-/m0/s1. The third-order valence-corrected chi connectivity index (χ3v) is 6.26. The minimum absolute atomic E-state index is 0.106. The highest BCUT2D eigenvalue weighted by molar-refractivity contribution is 7.99. The van der Waals surface area contributed by atoms with Gasteiger partial charge in [-0.05, 0) is 17.7 Å². The molecule has 10 heteroatoms. The molecule has 2 aromatic rings. The van der Waals surface area contributed by atoms with E-state index in [0.29, 0.717) is 0 Å². The first-order chi connectivity index (χ1) is 16.4. The molecule has 0 aromatic heterocycles. The third kappa shape index (κ3) is 6.96. The van der Waals surface area contributed by atoms with E-state index in [1.807, 2.05) is 60.7 Å². The van der Waals surface area contributed by atoms with Gasteiger partial charge in [0, 0.05) is 11.8 Å². The highest BCUT2D eigenvalue weighted by atomic mass is 35.5. The molecule has 0 bridgehead atoms.